The molecule has 84 valence electrons. The fourth-order valence-electron chi connectivity index (χ4n) is 1.54. The van der Waals surface area contributed by atoms with E-state index in [0.29, 0.717) is 13.1 Å². The maximum Gasteiger partial charge on any atom is 0.117 e. The summed E-state index contributed by atoms with van der Waals surface area (Å²) < 4.78 is 5.18. The van der Waals surface area contributed by atoms with Gasteiger partial charge in [-0.1, -0.05) is 30.3 Å². The molecule has 1 atom stereocenters. The molecule has 0 saturated heterocycles. The van der Waals surface area contributed by atoms with Gasteiger partial charge in [-0.05, 0) is 17.7 Å². The molecule has 1 aromatic heterocycles. The number of hydrogen-bond acceptors (Lipinski definition) is 3. The van der Waals surface area contributed by atoms with Crippen LogP contribution in [0.3, 0.4) is 0 Å². The fourth-order valence-corrected chi connectivity index (χ4v) is 1.54. The molecular formula is C13H15NO2. The molecular weight excluding hydrogens is 202 g/mol. The van der Waals surface area contributed by atoms with E-state index in [-0.39, 0.29) is 0 Å². The molecule has 0 bridgehead atoms. The number of rotatable bonds is 5. The summed E-state index contributed by atoms with van der Waals surface area (Å²) in [5.74, 6) is 0.875. The van der Waals surface area contributed by atoms with E-state index in [4.69, 9.17) is 4.42 Å². The minimum atomic E-state index is -0.476. The Bertz CT molecular complexity index is 397. The van der Waals surface area contributed by atoms with E-state index in [1.54, 1.807) is 6.26 Å². The van der Waals surface area contributed by atoms with Crippen molar-refractivity contribution in [1.29, 1.82) is 0 Å². The van der Waals surface area contributed by atoms with Crippen molar-refractivity contribution >= 4 is 0 Å². The highest BCUT2D eigenvalue weighted by Crippen LogP contribution is 2.10. The highest BCUT2D eigenvalue weighted by Gasteiger charge is 2.05. The first-order chi connectivity index (χ1) is 7.86. The minimum Gasteiger partial charge on any atom is -0.468 e. The Morgan fingerprint density at radius 1 is 1.12 bits per heavy atom. The van der Waals surface area contributed by atoms with Crippen molar-refractivity contribution in [1.82, 2.24) is 5.32 Å². The minimum absolute atomic E-state index is 0.476. The molecule has 0 aliphatic carbocycles. The molecule has 16 heavy (non-hydrogen) atoms. The predicted octanol–water partition coefficient (Wildman–Crippen LogP) is 2.10. The van der Waals surface area contributed by atoms with E-state index in [2.05, 4.69) is 5.32 Å². The fraction of sp³-hybridized carbons (Fsp3) is 0.231. The average molecular weight is 217 g/mol. The number of aliphatic hydroxyl groups excluding tert-OH is 1. The lowest BCUT2D eigenvalue weighted by atomic mass is 10.1. The third kappa shape index (κ3) is 2.95. The van der Waals surface area contributed by atoms with Crippen LogP contribution in [0.4, 0.5) is 0 Å². The maximum atomic E-state index is 9.86. The highest BCUT2D eigenvalue weighted by atomic mass is 16.3. The van der Waals surface area contributed by atoms with Gasteiger partial charge < -0.3 is 14.8 Å². The number of nitrogens with one attached hydrogen (secondary N) is 1. The van der Waals surface area contributed by atoms with E-state index >= 15 is 0 Å². The summed E-state index contributed by atoms with van der Waals surface area (Å²) in [5, 5.41) is 13.0. The van der Waals surface area contributed by atoms with E-state index in [0.717, 1.165) is 11.3 Å². The van der Waals surface area contributed by atoms with Gasteiger partial charge in [-0.15, -0.1) is 0 Å². The normalized spacial score (nSPS) is 12.6. The van der Waals surface area contributed by atoms with Crippen molar-refractivity contribution in [2.75, 3.05) is 6.54 Å². The summed E-state index contributed by atoms with van der Waals surface area (Å²) in [6.45, 7) is 1.15. The zero-order valence-corrected chi connectivity index (χ0v) is 8.97. The summed E-state index contributed by atoms with van der Waals surface area (Å²) >= 11 is 0. The van der Waals surface area contributed by atoms with Crippen molar-refractivity contribution in [3.63, 3.8) is 0 Å². The number of benzene rings is 1. The van der Waals surface area contributed by atoms with Gasteiger partial charge in [0, 0.05) is 6.54 Å². The summed E-state index contributed by atoms with van der Waals surface area (Å²) in [6.07, 6.45) is 1.17. The van der Waals surface area contributed by atoms with E-state index in [9.17, 15) is 5.11 Å². The second kappa shape index (κ2) is 5.49. The van der Waals surface area contributed by atoms with Gasteiger partial charge in [-0.2, -0.15) is 0 Å². The average Bonchev–Trinajstić information content (AvgIpc) is 2.83. The van der Waals surface area contributed by atoms with Crippen LogP contribution >= 0.6 is 0 Å². The molecule has 0 spiro atoms. The van der Waals surface area contributed by atoms with Gasteiger partial charge in [-0.3, -0.25) is 0 Å². The summed E-state index contributed by atoms with van der Waals surface area (Å²) in [4.78, 5) is 0. The Labute approximate surface area is 94.7 Å². The molecule has 1 heterocycles. The number of hydrogen-bond donors (Lipinski definition) is 2. The Morgan fingerprint density at radius 3 is 2.62 bits per heavy atom. The molecule has 0 amide bonds. The van der Waals surface area contributed by atoms with Crippen molar-refractivity contribution < 1.29 is 9.52 Å². The molecule has 0 saturated carbocycles. The van der Waals surface area contributed by atoms with Crippen LogP contribution < -0.4 is 5.32 Å². The molecule has 2 rings (SSSR count). The molecule has 2 N–H and O–H groups in total. The molecule has 0 radical (unpaired) electrons. The van der Waals surface area contributed by atoms with E-state index in [1.165, 1.54) is 0 Å². The summed E-state index contributed by atoms with van der Waals surface area (Å²) in [7, 11) is 0. The van der Waals surface area contributed by atoms with Crippen LogP contribution in [0.2, 0.25) is 0 Å². The summed E-state index contributed by atoms with van der Waals surface area (Å²) in [5.41, 5.74) is 0.925. The first-order valence-electron chi connectivity index (χ1n) is 5.32. The van der Waals surface area contributed by atoms with E-state index < -0.39 is 6.10 Å². The molecule has 3 nitrogen and oxygen atoms in total. The van der Waals surface area contributed by atoms with Crippen molar-refractivity contribution in [2.24, 2.45) is 0 Å². The monoisotopic (exact) mass is 217 g/mol. The molecule has 3 heteroatoms. The Morgan fingerprint density at radius 2 is 1.94 bits per heavy atom. The smallest absolute Gasteiger partial charge is 0.117 e. The van der Waals surface area contributed by atoms with Gasteiger partial charge in [-0.25, -0.2) is 0 Å². The first kappa shape index (κ1) is 10.9. The van der Waals surface area contributed by atoms with Gasteiger partial charge in [0.05, 0.1) is 18.9 Å². The zero-order valence-electron chi connectivity index (χ0n) is 8.97. The zero-order chi connectivity index (χ0) is 11.2. The van der Waals surface area contributed by atoms with Gasteiger partial charge in [0.1, 0.15) is 5.76 Å². The second-order valence-electron chi connectivity index (χ2n) is 3.64. The predicted molar refractivity (Wildman–Crippen MR) is 61.8 cm³/mol. The standard InChI is InChI=1S/C13H15NO2/c15-13(11-5-2-1-3-6-11)10-14-9-12-7-4-8-16-12/h1-8,13-15H,9-10H2/t13-/m1/s1. The molecule has 1 aromatic carbocycles. The SMILES string of the molecule is O[C@H](CNCc1ccco1)c1ccccc1. The lowest BCUT2D eigenvalue weighted by Crippen LogP contribution is -2.20. The quantitative estimate of drug-likeness (QED) is 0.806. The van der Waals surface area contributed by atoms with Crippen molar-refractivity contribution in [3.05, 3.63) is 60.1 Å². The number of furan rings is 1. The van der Waals surface area contributed by atoms with Crippen molar-refractivity contribution in [2.45, 2.75) is 12.6 Å². The Balaban J connectivity index is 1.78. The van der Waals surface area contributed by atoms with Crippen LogP contribution in [0.15, 0.2) is 53.1 Å². The van der Waals surface area contributed by atoms with Crippen LogP contribution in [-0.2, 0) is 6.54 Å². The molecule has 2 aromatic rings. The Kier molecular flexibility index (Phi) is 3.75. The Hall–Kier alpha value is -1.58. The van der Waals surface area contributed by atoms with Crippen LogP contribution in [0, 0.1) is 0 Å². The maximum absolute atomic E-state index is 9.86. The largest absolute Gasteiger partial charge is 0.468 e. The van der Waals surface area contributed by atoms with Crippen LogP contribution in [0.1, 0.15) is 17.4 Å². The lowest BCUT2D eigenvalue weighted by molar-refractivity contribution is 0.173. The van der Waals surface area contributed by atoms with Gasteiger partial charge in [0.2, 0.25) is 0 Å². The third-order valence-corrected chi connectivity index (χ3v) is 2.40. The molecule has 0 aliphatic heterocycles. The highest BCUT2D eigenvalue weighted by molar-refractivity contribution is 5.17. The van der Waals surface area contributed by atoms with E-state index in [1.807, 2.05) is 42.5 Å². The first-order valence-corrected chi connectivity index (χ1v) is 5.32. The molecule has 0 fully saturated rings. The van der Waals surface area contributed by atoms with Crippen LogP contribution in [0.5, 0.6) is 0 Å². The molecule has 0 unspecified atom stereocenters. The second-order valence-corrected chi connectivity index (χ2v) is 3.64. The van der Waals surface area contributed by atoms with Crippen molar-refractivity contribution in [3.8, 4) is 0 Å². The lowest BCUT2D eigenvalue weighted by Gasteiger charge is -2.11. The molecule has 0 aliphatic rings. The van der Waals surface area contributed by atoms with Gasteiger partial charge >= 0.3 is 0 Å². The number of aliphatic hydroxyl groups is 1. The van der Waals surface area contributed by atoms with Crippen LogP contribution in [-0.4, -0.2) is 11.7 Å². The third-order valence-electron chi connectivity index (χ3n) is 2.40. The van der Waals surface area contributed by atoms with Gasteiger partial charge in [0.25, 0.3) is 0 Å². The topological polar surface area (TPSA) is 45.4 Å². The summed E-state index contributed by atoms with van der Waals surface area (Å²) in [6, 6.07) is 13.4. The van der Waals surface area contributed by atoms with Crippen LogP contribution in [0.25, 0.3) is 0 Å². The van der Waals surface area contributed by atoms with Gasteiger partial charge in [0.15, 0.2) is 0 Å².